The van der Waals surface area contributed by atoms with Crippen LogP contribution in [0.15, 0.2) is 0 Å². The Balaban J connectivity index is 3.91. The largest absolute Gasteiger partial charge is 0.436 e. The molecule has 0 aliphatic rings. The zero-order chi connectivity index (χ0) is 11.7. The lowest BCUT2D eigenvalue weighted by Crippen LogP contribution is -2.24. The van der Waals surface area contributed by atoms with Crippen molar-refractivity contribution in [1.29, 1.82) is 0 Å². The van der Waals surface area contributed by atoms with Crippen LogP contribution in [0.1, 0.15) is 53.4 Å². The van der Waals surface area contributed by atoms with Gasteiger partial charge in [0.15, 0.2) is 6.29 Å². The van der Waals surface area contributed by atoms with Crippen LogP contribution in [0.2, 0.25) is 0 Å². The number of ether oxygens (including phenoxy) is 2. The topological polar surface area (TPSA) is 35.5 Å². The van der Waals surface area contributed by atoms with Crippen LogP contribution in [0.5, 0.6) is 0 Å². The average Bonchev–Trinajstić information content (AvgIpc) is 2.19. The molecule has 0 saturated carbocycles. The molecule has 0 aromatic heterocycles. The second-order valence-electron chi connectivity index (χ2n) is 3.71. The molecule has 0 heterocycles. The van der Waals surface area contributed by atoms with Crippen molar-refractivity contribution in [3.05, 3.63) is 0 Å². The van der Waals surface area contributed by atoms with Gasteiger partial charge in [0.1, 0.15) is 0 Å². The third-order valence-electron chi connectivity index (χ3n) is 2.42. The van der Waals surface area contributed by atoms with Gasteiger partial charge >= 0.3 is 5.97 Å². The van der Waals surface area contributed by atoms with Crippen LogP contribution in [0.3, 0.4) is 0 Å². The molecule has 0 aromatic rings. The van der Waals surface area contributed by atoms with Gasteiger partial charge in [0, 0.05) is 6.61 Å². The van der Waals surface area contributed by atoms with Crippen LogP contribution < -0.4 is 0 Å². The lowest BCUT2D eigenvalue weighted by Gasteiger charge is -2.17. The summed E-state index contributed by atoms with van der Waals surface area (Å²) in [5, 5.41) is 0. The van der Waals surface area contributed by atoms with Crippen molar-refractivity contribution in [2.75, 3.05) is 6.61 Å². The molecule has 0 saturated heterocycles. The van der Waals surface area contributed by atoms with Crippen LogP contribution in [0.4, 0.5) is 0 Å². The molecule has 0 spiro atoms. The van der Waals surface area contributed by atoms with Crippen molar-refractivity contribution in [3.63, 3.8) is 0 Å². The zero-order valence-corrected chi connectivity index (χ0v) is 10.4. The lowest BCUT2D eigenvalue weighted by atomic mass is 10.00. The predicted molar refractivity (Wildman–Crippen MR) is 60.5 cm³/mol. The normalized spacial score (nSPS) is 14.7. The van der Waals surface area contributed by atoms with Gasteiger partial charge < -0.3 is 9.47 Å². The first-order valence-corrected chi connectivity index (χ1v) is 5.97. The Hall–Kier alpha value is -0.570. The van der Waals surface area contributed by atoms with E-state index in [-0.39, 0.29) is 11.9 Å². The summed E-state index contributed by atoms with van der Waals surface area (Å²) in [7, 11) is 0. The molecule has 0 amide bonds. The highest BCUT2D eigenvalue weighted by Crippen LogP contribution is 2.15. The van der Waals surface area contributed by atoms with Crippen molar-refractivity contribution in [1.82, 2.24) is 0 Å². The van der Waals surface area contributed by atoms with Crippen LogP contribution >= 0.6 is 0 Å². The first kappa shape index (κ1) is 14.4. The molecule has 0 aliphatic heterocycles. The van der Waals surface area contributed by atoms with Crippen molar-refractivity contribution >= 4 is 5.97 Å². The van der Waals surface area contributed by atoms with Gasteiger partial charge in [-0.3, -0.25) is 4.79 Å². The fraction of sp³-hybridized carbons (Fsp3) is 0.917. The fourth-order valence-corrected chi connectivity index (χ4v) is 1.47. The number of hydrogen-bond acceptors (Lipinski definition) is 3. The van der Waals surface area contributed by atoms with Gasteiger partial charge in [0.25, 0.3) is 0 Å². The third kappa shape index (κ3) is 6.50. The number of carbonyl (C=O) groups excluding carboxylic acids is 1. The maximum Gasteiger partial charge on any atom is 0.311 e. The van der Waals surface area contributed by atoms with E-state index >= 15 is 0 Å². The minimum atomic E-state index is -0.418. The molecule has 3 heteroatoms. The standard InChI is InChI=1S/C12H24O3/c1-5-8-9-11(6-2)12(13)15-10(4)14-7-3/h10-11H,5-9H2,1-4H3. The second-order valence-corrected chi connectivity index (χ2v) is 3.71. The SMILES string of the molecule is CCCCC(CC)C(=O)OC(C)OCC. The molecular weight excluding hydrogens is 192 g/mol. The highest BCUT2D eigenvalue weighted by Gasteiger charge is 2.19. The Morgan fingerprint density at radius 2 is 1.93 bits per heavy atom. The molecule has 15 heavy (non-hydrogen) atoms. The Kier molecular flexibility index (Phi) is 8.38. The molecule has 0 radical (unpaired) electrons. The van der Waals surface area contributed by atoms with Crippen molar-refractivity contribution in [3.8, 4) is 0 Å². The summed E-state index contributed by atoms with van der Waals surface area (Å²) in [6.45, 7) is 8.36. The van der Waals surface area contributed by atoms with E-state index in [0.29, 0.717) is 6.61 Å². The van der Waals surface area contributed by atoms with Gasteiger partial charge in [-0.2, -0.15) is 0 Å². The van der Waals surface area contributed by atoms with Crippen LogP contribution in [-0.2, 0) is 14.3 Å². The smallest absolute Gasteiger partial charge is 0.311 e. The highest BCUT2D eigenvalue weighted by molar-refractivity contribution is 5.72. The molecule has 0 aliphatic carbocycles. The van der Waals surface area contributed by atoms with Gasteiger partial charge in [-0.05, 0) is 26.7 Å². The maximum atomic E-state index is 11.7. The van der Waals surface area contributed by atoms with E-state index < -0.39 is 6.29 Å². The highest BCUT2D eigenvalue weighted by atomic mass is 16.7. The fourth-order valence-electron chi connectivity index (χ4n) is 1.47. The third-order valence-corrected chi connectivity index (χ3v) is 2.42. The van der Waals surface area contributed by atoms with E-state index in [4.69, 9.17) is 9.47 Å². The number of carbonyl (C=O) groups is 1. The monoisotopic (exact) mass is 216 g/mol. The van der Waals surface area contributed by atoms with Crippen molar-refractivity contribution in [2.45, 2.75) is 59.7 Å². The number of unbranched alkanes of at least 4 members (excludes halogenated alkanes) is 1. The molecule has 0 bridgehead atoms. The zero-order valence-electron chi connectivity index (χ0n) is 10.4. The van der Waals surface area contributed by atoms with Crippen molar-refractivity contribution in [2.24, 2.45) is 5.92 Å². The first-order valence-electron chi connectivity index (χ1n) is 5.97. The number of rotatable bonds is 8. The van der Waals surface area contributed by atoms with Gasteiger partial charge in [-0.25, -0.2) is 0 Å². The van der Waals surface area contributed by atoms with Crippen LogP contribution in [0, 0.1) is 5.92 Å². The molecule has 0 rings (SSSR count). The Bertz CT molecular complexity index is 168. The molecule has 2 unspecified atom stereocenters. The minimum Gasteiger partial charge on any atom is -0.436 e. The lowest BCUT2D eigenvalue weighted by molar-refractivity contribution is -0.179. The van der Waals surface area contributed by atoms with E-state index in [1.54, 1.807) is 6.92 Å². The van der Waals surface area contributed by atoms with Crippen LogP contribution in [-0.4, -0.2) is 18.9 Å². The summed E-state index contributed by atoms with van der Waals surface area (Å²) in [6, 6.07) is 0. The number of esters is 1. The maximum absolute atomic E-state index is 11.7. The number of hydrogen-bond donors (Lipinski definition) is 0. The summed E-state index contributed by atoms with van der Waals surface area (Å²) in [5.41, 5.74) is 0. The minimum absolute atomic E-state index is 0.0351. The summed E-state index contributed by atoms with van der Waals surface area (Å²) in [5.74, 6) is -0.0836. The molecule has 2 atom stereocenters. The molecule has 0 N–H and O–H groups in total. The van der Waals surface area contributed by atoms with E-state index in [0.717, 1.165) is 25.7 Å². The summed E-state index contributed by atoms with van der Waals surface area (Å²) < 4.78 is 10.3. The Labute approximate surface area is 93.1 Å². The summed E-state index contributed by atoms with van der Waals surface area (Å²) >= 11 is 0. The molecule has 0 aromatic carbocycles. The van der Waals surface area contributed by atoms with Gasteiger partial charge in [-0.15, -0.1) is 0 Å². The second kappa shape index (κ2) is 8.72. The van der Waals surface area contributed by atoms with Gasteiger partial charge in [0.2, 0.25) is 0 Å². The van der Waals surface area contributed by atoms with E-state index in [9.17, 15) is 4.79 Å². The van der Waals surface area contributed by atoms with E-state index in [1.807, 2.05) is 13.8 Å². The Morgan fingerprint density at radius 3 is 2.40 bits per heavy atom. The molecule has 90 valence electrons. The Morgan fingerprint density at radius 1 is 1.27 bits per heavy atom. The predicted octanol–water partition coefficient (Wildman–Crippen LogP) is 3.13. The molecule has 0 fully saturated rings. The van der Waals surface area contributed by atoms with Crippen LogP contribution in [0.25, 0.3) is 0 Å². The van der Waals surface area contributed by atoms with E-state index in [1.165, 1.54) is 0 Å². The van der Waals surface area contributed by atoms with Crippen molar-refractivity contribution < 1.29 is 14.3 Å². The quantitative estimate of drug-likeness (QED) is 0.462. The molecular formula is C12H24O3. The average molecular weight is 216 g/mol. The first-order chi connectivity index (χ1) is 7.15. The van der Waals surface area contributed by atoms with E-state index in [2.05, 4.69) is 6.92 Å². The summed E-state index contributed by atoms with van der Waals surface area (Å²) in [6.07, 6.45) is 3.54. The molecule has 3 nitrogen and oxygen atoms in total. The van der Waals surface area contributed by atoms with Gasteiger partial charge in [0.05, 0.1) is 5.92 Å². The summed E-state index contributed by atoms with van der Waals surface area (Å²) in [4.78, 5) is 11.7. The van der Waals surface area contributed by atoms with Gasteiger partial charge in [-0.1, -0.05) is 26.7 Å².